The van der Waals surface area contributed by atoms with Gasteiger partial charge in [0.05, 0.1) is 6.42 Å². The number of amides is 2. The van der Waals surface area contributed by atoms with Crippen molar-refractivity contribution >= 4 is 40.8 Å². The molecule has 0 bridgehead atoms. The minimum Gasteiger partial charge on any atom is -0.481 e. The predicted octanol–water partition coefficient (Wildman–Crippen LogP) is 5.64. The van der Waals surface area contributed by atoms with Gasteiger partial charge in [0, 0.05) is 29.1 Å². The maximum atomic E-state index is 13.0. The number of nitrogens with one attached hydrogen (secondary N) is 2. The zero-order chi connectivity index (χ0) is 24.3. The first-order valence-corrected chi connectivity index (χ1v) is 11.1. The highest BCUT2D eigenvalue weighted by Crippen LogP contribution is 2.36. The summed E-state index contributed by atoms with van der Waals surface area (Å²) in [5.41, 5.74) is 3.14. The molecule has 3 aromatic rings. The van der Waals surface area contributed by atoms with Crippen molar-refractivity contribution in [2.45, 2.75) is 24.9 Å². The normalized spacial score (nSPS) is 17.1. The maximum Gasteiger partial charge on any atom is 0.323 e. The fraction of sp³-hybridized carbons (Fsp3) is 0.192. The number of rotatable bonds is 6. The summed E-state index contributed by atoms with van der Waals surface area (Å²) < 4.78 is 5.39. The van der Waals surface area contributed by atoms with Crippen LogP contribution in [-0.4, -0.2) is 35.6 Å². The molecule has 34 heavy (non-hydrogen) atoms. The van der Waals surface area contributed by atoms with Gasteiger partial charge in [-0.25, -0.2) is 4.79 Å². The zero-order valence-corrected chi connectivity index (χ0v) is 19.2. The quantitative estimate of drug-likeness (QED) is 0.425. The Morgan fingerprint density at radius 1 is 0.971 bits per heavy atom. The number of urea groups is 1. The Kier molecular flexibility index (Phi) is 6.68. The monoisotopic (exact) mass is 478 g/mol. The predicted molar refractivity (Wildman–Crippen MR) is 131 cm³/mol. The van der Waals surface area contributed by atoms with Crippen LogP contribution in [0.15, 0.2) is 66.7 Å². The minimum atomic E-state index is -1.32. The third kappa shape index (κ3) is 4.95. The number of carbonyl (C=O) groups is 3. The number of hydrogen-bond donors (Lipinski definition) is 3. The molecule has 0 fully saturated rings. The average molecular weight is 479 g/mol. The van der Waals surface area contributed by atoms with Crippen molar-refractivity contribution in [3.63, 3.8) is 0 Å². The van der Waals surface area contributed by atoms with Crippen LogP contribution in [-0.2, 0) is 16.0 Å². The lowest BCUT2D eigenvalue weighted by Crippen LogP contribution is -2.46. The van der Waals surface area contributed by atoms with E-state index in [9.17, 15) is 19.5 Å². The average Bonchev–Trinajstić information content (AvgIpc) is 2.82. The van der Waals surface area contributed by atoms with Crippen molar-refractivity contribution in [1.82, 2.24) is 0 Å². The lowest BCUT2D eigenvalue weighted by atomic mass is 9.76. The topological polar surface area (TPSA) is 105 Å². The number of carboxylic acid groups (broad SMARTS) is 1. The van der Waals surface area contributed by atoms with Crippen LogP contribution >= 0.6 is 11.6 Å². The minimum absolute atomic E-state index is 0.295. The maximum absolute atomic E-state index is 13.0. The highest BCUT2D eigenvalue weighted by Gasteiger charge is 2.44. The van der Waals surface area contributed by atoms with Crippen LogP contribution in [0.5, 0.6) is 0 Å². The number of halogens is 1. The number of ether oxygens (including phenoxy) is 1. The van der Waals surface area contributed by atoms with Crippen LogP contribution in [0.1, 0.15) is 28.8 Å². The molecule has 7 nitrogen and oxygen atoms in total. The number of methoxy groups -OCH3 is 1. The Morgan fingerprint density at radius 2 is 1.56 bits per heavy atom. The number of anilines is 2. The molecule has 0 heterocycles. The third-order valence-corrected chi connectivity index (χ3v) is 6.22. The number of ketones is 1. The molecular formula is C26H23ClN2O5. The highest BCUT2D eigenvalue weighted by atomic mass is 35.5. The standard InChI is InChI=1S/C26H23ClN2O5/c1-34-26(15-23(30)31)13-12-18-14-17(4-11-22(18)24(26)32)16-2-7-20(8-3-16)28-25(33)29-21-9-5-19(27)6-10-21/h2-11,14H,12-13,15H2,1H3,(H,30,31)(H2,28,29,33). The summed E-state index contributed by atoms with van der Waals surface area (Å²) >= 11 is 5.85. The van der Waals surface area contributed by atoms with Crippen molar-refractivity contribution in [2.24, 2.45) is 0 Å². The summed E-state index contributed by atoms with van der Waals surface area (Å²) in [7, 11) is 1.38. The Hall–Kier alpha value is -3.68. The van der Waals surface area contributed by atoms with E-state index in [-0.39, 0.29) is 18.2 Å². The SMILES string of the molecule is COC1(CC(=O)O)CCc2cc(-c3ccc(NC(=O)Nc4ccc(Cl)cc4)cc3)ccc2C1=O. The summed E-state index contributed by atoms with van der Waals surface area (Å²) in [6, 6.07) is 19.3. The molecule has 0 saturated carbocycles. The van der Waals surface area contributed by atoms with E-state index in [0.717, 1.165) is 16.7 Å². The van der Waals surface area contributed by atoms with Gasteiger partial charge in [-0.3, -0.25) is 9.59 Å². The molecule has 4 rings (SSSR count). The van der Waals surface area contributed by atoms with Crippen molar-refractivity contribution < 1.29 is 24.2 Å². The molecule has 1 unspecified atom stereocenters. The van der Waals surface area contributed by atoms with Gasteiger partial charge in [-0.1, -0.05) is 41.9 Å². The van der Waals surface area contributed by atoms with Crippen LogP contribution in [0.3, 0.4) is 0 Å². The molecule has 0 aliphatic heterocycles. The molecule has 1 aliphatic rings. The van der Waals surface area contributed by atoms with E-state index < -0.39 is 11.6 Å². The molecule has 8 heteroatoms. The molecule has 1 atom stereocenters. The summed E-state index contributed by atoms with van der Waals surface area (Å²) in [5, 5.41) is 15.3. The largest absolute Gasteiger partial charge is 0.481 e. The van der Waals surface area contributed by atoms with Crippen LogP contribution in [0.4, 0.5) is 16.2 Å². The number of hydrogen-bond acceptors (Lipinski definition) is 4. The summed E-state index contributed by atoms with van der Waals surface area (Å²) in [5.74, 6) is -1.36. The number of aryl methyl sites for hydroxylation is 1. The van der Waals surface area contributed by atoms with Crippen LogP contribution in [0.25, 0.3) is 11.1 Å². The number of benzene rings is 3. The fourth-order valence-corrected chi connectivity index (χ4v) is 4.28. The number of carboxylic acids is 1. The van der Waals surface area contributed by atoms with Gasteiger partial charge in [-0.05, 0) is 65.9 Å². The van der Waals surface area contributed by atoms with Crippen molar-refractivity contribution in [3.8, 4) is 11.1 Å². The number of Topliss-reactive ketones (excluding diaryl/α,β-unsaturated/α-hetero) is 1. The van der Waals surface area contributed by atoms with Crippen molar-refractivity contribution in [3.05, 3.63) is 82.9 Å². The van der Waals surface area contributed by atoms with Gasteiger partial charge in [0.15, 0.2) is 5.78 Å². The van der Waals surface area contributed by atoms with Crippen molar-refractivity contribution in [1.29, 1.82) is 0 Å². The summed E-state index contributed by atoms with van der Waals surface area (Å²) in [4.78, 5) is 36.5. The lowest BCUT2D eigenvalue weighted by molar-refractivity contribution is -0.142. The van der Waals surface area contributed by atoms with Gasteiger partial charge in [0.2, 0.25) is 0 Å². The molecule has 0 saturated heterocycles. The number of fused-ring (bicyclic) bond motifs is 1. The smallest absolute Gasteiger partial charge is 0.323 e. The first-order valence-electron chi connectivity index (χ1n) is 10.7. The van der Waals surface area contributed by atoms with Gasteiger partial charge in [0.25, 0.3) is 0 Å². The van der Waals surface area contributed by atoms with Gasteiger partial charge in [-0.15, -0.1) is 0 Å². The van der Waals surface area contributed by atoms with Crippen LogP contribution in [0.2, 0.25) is 5.02 Å². The molecule has 1 aliphatic carbocycles. The van der Waals surface area contributed by atoms with Crippen LogP contribution < -0.4 is 10.6 Å². The van der Waals surface area contributed by atoms with E-state index in [0.29, 0.717) is 34.8 Å². The van der Waals surface area contributed by atoms with Gasteiger partial charge in [0.1, 0.15) is 5.60 Å². The molecule has 0 aromatic heterocycles. The molecule has 2 amide bonds. The molecular weight excluding hydrogens is 456 g/mol. The van der Waals surface area contributed by atoms with E-state index in [1.165, 1.54) is 7.11 Å². The molecule has 3 N–H and O–H groups in total. The summed E-state index contributed by atoms with van der Waals surface area (Å²) in [6.45, 7) is 0. The van der Waals surface area contributed by atoms with Crippen molar-refractivity contribution in [2.75, 3.05) is 17.7 Å². The Balaban J connectivity index is 1.46. The number of aliphatic carboxylic acids is 1. The van der Waals surface area contributed by atoms with Gasteiger partial charge < -0.3 is 20.5 Å². The van der Waals surface area contributed by atoms with E-state index >= 15 is 0 Å². The third-order valence-electron chi connectivity index (χ3n) is 5.97. The Bertz CT molecular complexity index is 1240. The first-order chi connectivity index (χ1) is 16.3. The molecule has 0 spiro atoms. The van der Waals surface area contributed by atoms with E-state index in [4.69, 9.17) is 16.3 Å². The van der Waals surface area contributed by atoms with Crippen LogP contribution in [0, 0.1) is 0 Å². The second kappa shape index (κ2) is 9.67. The van der Waals surface area contributed by atoms with E-state index in [1.54, 1.807) is 42.5 Å². The Labute approximate surface area is 201 Å². The lowest BCUT2D eigenvalue weighted by Gasteiger charge is -2.34. The highest BCUT2D eigenvalue weighted by molar-refractivity contribution is 6.30. The number of carbonyl (C=O) groups excluding carboxylic acids is 2. The summed E-state index contributed by atoms with van der Waals surface area (Å²) in [6.07, 6.45) is 0.501. The fourth-order valence-electron chi connectivity index (χ4n) is 4.15. The zero-order valence-electron chi connectivity index (χ0n) is 18.4. The van der Waals surface area contributed by atoms with E-state index in [1.807, 2.05) is 24.3 Å². The van der Waals surface area contributed by atoms with Gasteiger partial charge >= 0.3 is 12.0 Å². The molecule has 174 valence electrons. The van der Waals surface area contributed by atoms with E-state index in [2.05, 4.69) is 10.6 Å². The second-order valence-electron chi connectivity index (χ2n) is 8.13. The molecule has 3 aromatic carbocycles. The second-order valence-corrected chi connectivity index (χ2v) is 8.57. The molecule has 0 radical (unpaired) electrons. The van der Waals surface area contributed by atoms with Gasteiger partial charge in [-0.2, -0.15) is 0 Å². The Morgan fingerprint density at radius 3 is 2.15 bits per heavy atom. The first kappa shape index (κ1) is 23.5.